The lowest BCUT2D eigenvalue weighted by Gasteiger charge is -2.19. The maximum absolute atomic E-state index is 12.8. The van der Waals surface area contributed by atoms with Crippen molar-refractivity contribution >= 4 is 6.03 Å². The lowest BCUT2D eigenvalue weighted by molar-refractivity contribution is -0.143. The number of likely N-dealkylation sites (tertiary alicyclic amines) is 1. The first-order valence-corrected chi connectivity index (χ1v) is 7.50. The number of hydrogen-bond acceptors (Lipinski definition) is 3. The van der Waals surface area contributed by atoms with E-state index in [1.165, 1.54) is 29.2 Å². The SMILES string of the molecule is O=C(NCC(O)c1ccc(F)cc1)NC1CCN(CC(F)(F)F)C1. The zero-order chi connectivity index (χ0) is 17.7. The monoisotopic (exact) mass is 349 g/mol. The largest absolute Gasteiger partial charge is 0.401 e. The molecule has 1 saturated heterocycles. The summed E-state index contributed by atoms with van der Waals surface area (Å²) in [4.78, 5) is 13.0. The van der Waals surface area contributed by atoms with Gasteiger partial charge in [-0.25, -0.2) is 9.18 Å². The van der Waals surface area contributed by atoms with E-state index in [1.54, 1.807) is 0 Å². The molecular formula is C15H19F4N3O2. The number of carbonyl (C=O) groups excluding carboxylic acids is 1. The van der Waals surface area contributed by atoms with Gasteiger partial charge in [0.2, 0.25) is 0 Å². The van der Waals surface area contributed by atoms with E-state index in [4.69, 9.17) is 0 Å². The van der Waals surface area contributed by atoms with Gasteiger partial charge in [0, 0.05) is 25.7 Å². The molecule has 134 valence electrons. The molecule has 24 heavy (non-hydrogen) atoms. The lowest BCUT2D eigenvalue weighted by atomic mass is 10.1. The molecule has 0 spiro atoms. The number of carbonyl (C=O) groups is 1. The minimum Gasteiger partial charge on any atom is -0.387 e. The van der Waals surface area contributed by atoms with Crippen LogP contribution in [0.5, 0.6) is 0 Å². The van der Waals surface area contributed by atoms with Gasteiger partial charge in [0.25, 0.3) is 0 Å². The predicted octanol–water partition coefficient (Wildman–Crippen LogP) is 1.79. The number of urea groups is 1. The second-order valence-electron chi connectivity index (χ2n) is 5.76. The third kappa shape index (κ3) is 5.97. The van der Waals surface area contributed by atoms with Crippen molar-refractivity contribution in [1.29, 1.82) is 0 Å². The highest BCUT2D eigenvalue weighted by Crippen LogP contribution is 2.20. The Morgan fingerprint density at radius 1 is 1.33 bits per heavy atom. The van der Waals surface area contributed by atoms with Crippen LogP contribution in [0.25, 0.3) is 0 Å². The van der Waals surface area contributed by atoms with Gasteiger partial charge in [-0.3, -0.25) is 4.90 Å². The summed E-state index contributed by atoms with van der Waals surface area (Å²) in [5, 5.41) is 14.9. The van der Waals surface area contributed by atoms with Gasteiger partial charge < -0.3 is 15.7 Å². The predicted molar refractivity (Wildman–Crippen MR) is 78.8 cm³/mol. The summed E-state index contributed by atoms with van der Waals surface area (Å²) >= 11 is 0. The van der Waals surface area contributed by atoms with Gasteiger partial charge in [-0.1, -0.05) is 12.1 Å². The smallest absolute Gasteiger partial charge is 0.387 e. The number of hydrogen-bond donors (Lipinski definition) is 3. The molecule has 1 fully saturated rings. The van der Waals surface area contributed by atoms with E-state index in [-0.39, 0.29) is 25.7 Å². The average Bonchev–Trinajstić information content (AvgIpc) is 2.90. The fourth-order valence-corrected chi connectivity index (χ4v) is 2.58. The third-order valence-electron chi connectivity index (χ3n) is 3.72. The van der Waals surface area contributed by atoms with E-state index in [0.717, 1.165) is 0 Å². The van der Waals surface area contributed by atoms with Gasteiger partial charge in [-0.2, -0.15) is 13.2 Å². The Hall–Kier alpha value is -1.87. The van der Waals surface area contributed by atoms with Crippen LogP contribution in [0.3, 0.4) is 0 Å². The van der Waals surface area contributed by atoms with Crippen LogP contribution >= 0.6 is 0 Å². The molecule has 5 nitrogen and oxygen atoms in total. The minimum absolute atomic E-state index is 0.0869. The van der Waals surface area contributed by atoms with Gasteiger partial charge in [-0.05, 0) is 24.1 Å². The van der Waals surface area contributed by atoms with E-state index >= 15 is 0 Å². The molecule has 2 atom stereocenters. The first-order valence-electron chi connectivity index (χ1n) is 7.50. The molecule has 0 aliphatic carbocycles. The van der Waals surface area contributed by atoms with Crippen molar-refractivity contribution < 1.29 is 27.5 Å². The van der Waals surface area contributed by atoms with Crippen LogP contribution in [0.15, 0.2) is 24.3 Å². The summed E-state index contributed by atoms with van der Waals surface area (Å²) in [5.74, 6) is -0.429. The van der Waals surface area contributed by atoms with E-state index in [1.807, 2.05) is 0 Å². The summed E-state index contributed by atoms with van der Waals surface area (Å²) in [7, 11) is 0. The highest BCUT2D eigenvalue weighted by Gasteiger charge is 2.34. The van der Waals surface area contributed by atoms with Gasteiger partial charge in [0.15, 0.2) is 0 Å². The van der Waals surface area contributed by atoms with E-state index in [9.17, 15) is 27.5 Å². The number of nitrogens with zero attached hydrogens (tertiary/aromatic N) is 1. The molecule has 3 N–H and O–H groups in total. The Bertz CT molecular complexity index is 551. The summed E-state index contributed by atoms with van der Waals surface area (Å²) in [6, 6.07) is 4.29. The van der Waals surface area contributed by atoms with Crippen LogP contribution in [0.4, 0.5) is 22.4 Å². The zero-order valence-corrected chi connectivity index (χ0v) is 12.8. The molecule has 2 amide bonds. The van der Waals surface area contributed by atoms with Crippen LogP contribution in [0, 0.1) is 5.82 Å². The third-order valence-corrected chi connectivity index (χ3v) is 3.72. The van der Waals surface area contributed by atoms with E-state index in [0.29, 0.717) is 12.0 Å². The molecule has 0 bridgehead atoms. The van der Waals surface area contributed by atoms with Gasteiger partial charge >= 0.3 is 12.2 Å². The maximum Gasteiger partial charge on any atom is 0.401 e. The molecule has 2 rings (SSSR count). The summed E-state index contributed by atoms with van der Waals surface area (Å²) in [6.45, 7) is -0.678. The molecule has 1 aromatic rings. The van der Waals surface area contributed by atoms with Crippen LogP contribution in [0.1, 0.15) is 18.1 Å². The first-order chi connectivity index (χ1) is 11.2. The quantitative estimate of drug-likeness (QED) is 0.711. The molecule has 0 radical (unpaired) electrons. The normalized spacial score (nSPS) is 20.0. The van der Waals surface area contributed by atoms with Gasteiger partial charge in [0.1, 0.15) is 5.82 Å². The molecule has 0 saturated carbocycles. The molecule has 1 aromatic carbocycles. The van der Waals surface area contributed by atoms with Crippen molar-refractivity contribution in [1.82, 2.24) is 15.5 Å². The Labute approximate surface area is 136 Å². The molecule has 1 aliphatic heterocycles. The van der Waals surface area contributed by atoms with Crippen LogP contribution in [0.2, 0.25) is 0 Å². The molecule has 2 unspecified atom stereocenters. The fraction of sp³-hybridized carbons (Fsp3) is 0.533. The maximum atomic E-state index is 12.8. The second-order valence-corrected chi connectivity index (χ2v) is 5.76. The molecule has 9 heteroatoms. The van der Waals surface area contributed by atoms with Crippen molar-refractivity contribution in [2.45, 2.75) is 24.7 Å². The number of aliphatic hydroxyl groups excluding tert-OH is 1. The summed E-state index contributed by atoms with van der Waals surface area (Å²) in [5.41, 5.74) is 0.453. The standard InChI is InChI=1S/C15H19F4N3O2/c16-11-3-1-10(2-4-11)13(23)7-20-14(24)21-12-5-6-22(8-12)9-15(17,18)19/h1-4,12-13,23H,5-9H2,(H2,20,21,24). The number of nitrogens with one attached hydrogen (secondary N) is 2. The fourth-order valence-electron chi connectivity index (χ4n) is 2.58. The summed E-state index contributed by atoms with van der Waals surface area (Å²) < 4.78 is 49.7. The van der Waals surface area contributed by atoms with Gasteiger partial charge in [0.05, 0.1) is 12.6 Å². The van der Waals surface area contributed by atoms with Gasteiger partial charge in [-0.15, -0.1) is 0 Å². The Morgan fingerprint density at radius 3 is 2.62 bits per heavy atom. The molecule has 1 heterocycles. The molecule has 0 aromatic heterocycles. The van der Waals surface area contributed by atoms with Crippen LogP contribution < -0.4 is 10.6 Å². The zero-order valence-electron chi connectivity index (χ0n) is 12.8. The minimum atomic E-state index is -4.25. The van der Waals surface area contributed by atoms with Crippen molar-refractivity contribution in [3.05, 3.63) is 35.6 Å². The van der Waals surface area contributed by atoms with Crippen LogP contribution in [-0.2, 0) is 0 Å². The summed E-state index contributed by atoms with van der Waals surface area (Å²) in [6.07, 6.45) is -4.82. The van der Waals surface area contributed by atoms with E-state index in [2.05, 4.69) is 10.6 Å². The van der Waals surface area contributed by atoms with Crippen molar-refractivity contribution in [2.24, 2.45) is 0 Å². The Kier molecular flexibility index (Phi) is 6.00. The van der Waals surface area contributed by atoms with Crippen molar-refractivity contribution in [2.75, 3.05) is 26.2 Å². The average molecular weight is 349 g/mol. The number of rotatable bonds is 5. The number of halogens is 4. The van der Waals surface area contributed by atoms with Crippen LogP contribution in [-0.4, -0.2) is 54.4 Å². The number of aliphatic hydroxyl groups is 1. The Morgan fingerprint density at radius 2 is 2.00 bits per heavy atom. The van der Waals surface area contributed by atoms with Crippen molar-refractivity contribution in [3.63, 3.8) is 0 Å². The van der Waals surface area contributed by atoms with E-state index < -0.39 is 30.7 Å². The second kappa shape index (κ2) is 7.80. The number of alkyl halides is 3. The highest BCUT2D eigenvalue weighted by molar-refractivity contribution is 5.74. The highest BCUT2D eigenvalue weighted by atomic mass is 19.4. The number of benzene rings is 1. The Balaban J connectivity index is 1.71. The first kappa shape index (κ1) is 18.5. The molecule has 1 aliphatic rings. The lowest BCUT2D eigenvalue weighted by Crippen LogP contribution is -2.45. The van der Waals surface area contributed by atoms with Crippen molar-refractivity contribution in [3.8, 4) is 0 Å². The molecular weight excluding hydrogens is 330 g/mol. The number of amides is 2. The topological polar surface area (TPSA) is 64.6 Å².